The number of carbonyl (C=O) groups excluding carboxylic acids is 2. The van der Waals surface area contributed by atoms with Gasteiger partial charge in [0.05, 0.1) is 7.11 Å². The van der Waals surface area contributed by atoms with E-state index in [9.17, 15) is 14.7 Å². The Hall–Kier alpha value is -3.22. The van der Waals surface area contributed by atoms with Gasteiger partial charge in [0.2, 0.25) is 5.91 Å². The third kappa shape index (κ3) is 3.38. The number of β-lactam (4-membered cyclic amide) rings is 1. The Bertz CT molecular complexity index is 1030. The van der Waals surface area contributed by atoms with Crippen molar-refractivity contribution in [1.82, 2.24) is 4.90 Å². The van der Waals surface area contributed by atoms with E-state index in [4.69, 9.17) is 4.74 Å². The Kier molecular flexibility index (Phi) is 4.96. The van der Waals surface area contributed by atoms with Crippen LogP contribution in [0.2, 0.25) is 0 Å². The molecule has 162 valence electrons. The van der Waals surface area contributed by atoms with Crippen LogP contribution in [0.5, 0.6) is 11.5 Å². The summed E-state index contributed by atoms with van der Waals surface area (Å²) in [6.07, 6.45) is 4.18. The molecule has 1 fully saturated rings. The van der Waals surface area contributed by atoms with Gasteiger partial charge in [-0.1, -0.05) is 0 Å². The van der Waals surface area contributed by atoms with E-state index in [1.165, 1.54) is 5.56 Å². The molecule has 3 aliphatic heterocycles. The first-order valence-electron chi connectivity index (χ1n) is 10.9. The third-order valence-corrected chi connectivity index (χ3v) is 6.62. The van der Waals surface area contributed by atoms with Crippen LogP contribution in [0.15, 0.2) is 30.3 Å². The minimum Gasteiger partial charge on any atom is -0.507 e. The molecule has 3 aliphatic rings. The summed E-state index contributed by atoms with van der Waals surface area (Å²) in [5.41, 5.74) is 4.39. The van der Waals surface area contributed by atoms with Gasteiger partial charge in [0.1, 0.15) is 17.5 Å². The minimum atomic E-state index is -0.845. The summed E-state index contributed by atoms with van der Waals surface area (Å²) in [5, 5.41) is 14.2. The van der Waals surface area contributed by atoms with Crippen LogP contribution in [0.3, 0.4) is 0 Å². The number of nitrogens with zero attached hydrogens (tertiary/aromatic N) is 2. The second kappa shape index (κ2) is 7.80. The first kappa shape index (κ1) is 19.7. The van der Waals surface area contributed by atoms with E-state index in [-0.39, 0.29) is 17.6 Å². The van der Waals surface area contributed by atoms with Gasteiger partial charge >= 0.3 is 0 Å². The number of anilines is 2. The molecule has 0 spiro atoms. The Morgan fingerprint density at radius 2 is 1.84 bits per heavy atom. The highest BCUT2D eigenvalue weighted by Crippen LogP contribution is 2.45. The molecule has 0 aliphatic carbocycles. The molecule has 1 atom stereocenters. The number of nitrogens with one attached hydrogen (secondary N) is 1. The number of hydrogen-bond acceptors (Lipinski definition) is 5. The molecule has 1 saturated heterocycles. The van der Waals surface area contributed by atoms with E-state index < -0.39 is 6.04 Å². The number of aromatic hydroxyl groups is 1. The average Bonchev–Trinajstić information content (AvgIpc) is 2.79. The van der Waals surface area contributed by atoms with Gasteiger partial charge in [-0.3, -0.25) is 9.59 Å². The van der Waals surface area contributed by atoms with Crippen LogP contribution < -0.4 is 15.0 Å². The second-order valence-electron chi connectivity index (χ2n) is 8.45. The zero-order valence-corrected chi connectivity index (χ0v) is 17.7. The molecule has 0 unspecified atom stereocenters. The zero-order chi connectivity index (χ0) is 21.5. The van der Waals surface area contributed by atoms with Crippen molar-refractivity contribution in [2.75, 3.05) is 37.0 Å². The average molecular weight is 421 g/mol. The number of aryl methyl sites for hydroxylation is 1. The maximum atomic E-state index is 13.4. The van der Waals surface area contributed by atoms with Gasteiger partial charge in [0.25, 0.3) is 5.91 Å². The molecule has 31 heavy (non-hydrogen) atoms. The van der Waals surface area contributed by atoms with Crippen molar-refractivity contribution < 1.29 is 19.4 Å². The highest BCUT2D eigenvalue weighted by atomic mass is 16.5. The fourth-order valence-corrected chi connectivity index (χ4v) is 5.02. The van der Waals surface area contributed by atoms with Crippen LogP contribution in [0, 0.1) is 0 Å². The van der Waals surface area contributed by atoms with Crippen LogP contribution in [0.1, 0.15) is 42.0 Å². The summed E-state index contributed by atoms with van der Waals surface area (Å²) in [6, 6.07) is 8.18. The molecule has 5 rings (SSSR count). The summed E-state index contributed by atoms with van der Waals surface area (Å²) in [6.45, 7) is 2.52. The molecule has 7 nitrogen and oxygen atoms in total. The molecule has 0 bridgehead atoms. The molecule has 7 heteroatoms. The molecule has 0 aromatic heterocycles. The molecule has 3 heterocycles. The predicted octanol–water partition coefficient (Wildman–Crippen LogP) is 3.01. The smallest absolute Gasteiger partial charge is 0.251 e. The Balaban J connectivity index is 1.53. The standard InChI is InChI=1S/C24H27N3O4/c1-31-17-8-6-16(7-9-17)25-24(30)22(27-13-10-20(27)28)19-14-15-4-2-11-26-12-3-5-18(21(15)26)23(19)29/h6-9,14,22,29H,2-5,10-13H2,1H3,(H,25,30)/t22-/m1/s1. The number of amides is 2. The van der Waals surface area contributed by atoms with Crippen LogP contribution in [0.25, 0.3) is 0 Å². The molecule has 2 amide bonds. The number of hydrogen-bond donors (Lipinski definition) is 2. The SMILES string of the molecule is COc1ccc(NC(=O)[C@@H](c2cc3c4c(c2O)CCCN4CCC3)N2CCC2=O)cc1. The normalized spacial score (nSPS) is 18.2. The highest BCUT2D eigenvalue weighted by Gasteiger charge is 2.40. The largest absolute Gasteiger partial charge is 0.507 e. The first-order valence-corrected chi connectivity index (χ1v) is 10.9. The molecule has 0 saturated carbocycles. The van der Waals surface area contributed by atoms with Crippen molar-refractivity contribution in [3.63, 3.8) is 0 Å². The quantitative estimate of drug-likeness (QED) is 0.726. The molecular formula is C24H27N3O4. The number of ether oxygens (including phenoxy) is 1. The lowest BCUT2D eigenvalue weighted by atomic mass is 9.86. The molecule has 2 aromatic carbocycles. The molecule has 0 radical (unpaired) electrons. The number of carbonyl (C=O) groups is 2. The van der Waals surface area contributed by atoms with Crippen molar-refractivity contribution in [2.45, 2.75) is 38.1 Å². The monoisotopic (exact) mass is 421 g/mol. The van der Waals surface area contributed by atoms with Crippen LogP contribution in [0.4, 0.5) is 11.4 Å². The summed E-state index contributed by atoms with van der Waals surface area (Å²) >= 11 is 0. The van der Waals surface area contributed by atoms with Crippen molar-refractivity contribution >= 4 is 23.2 Å². The maximum Gasteiger partial charge on any atom is 0.251 e. The second-order valence-corrected chi connectivity index (χ2v) is 8.45. The lowest BCUT2D eigenvalue weighted by Gasteiger charge is -2.41. The lowest BCUT2D eigenvalue weighted by Crippen LogP contribution is -2.49. The van der Waals surface area contributed by atoms with Gasteiger partial charge in [-0.2, -0.15) is 0 Å². The fraction of sp³-hybridized carbons (Fsp3) is 0.417. The van der Waals surface area contributed by atoms with E-state index in [1.54, 1.807) is 36.3 Å². The van der Waals surface area contributed by atoms with E-state index in [2.05, 4.69) is 10.2 Å². The summed E-state index contributed by atoms with van der Waals surface area (Å²) in [7, 11) is 1.59. The summed E-state index contributed by atoms with van der Waals surface area (Å²) < 4.78 is 5.18. The Morgan fingerprint density at radius 3 is 2.48 bits per heavy atom. The van der Waals surface area contributed by atoms with Gasteiger partial charge in [0, 0.05) is 48.6 Å². The van der Waals surface area contributed by atoms with Gasteiger partial charge < -0.3 is 25.0 Å². The number of rotatable bonds is 5. The van der Waals surface area contributed by atoms with E-state index >= 15 is 0 Å². The maximum absolute atomic E-state index is 13.4. The summed E-state index contributed by atoms with van der Waals surface area (Å²) in [5.74, 6) is 0.481. The Morgan fingerprint density at radius 1 is 1.10 bits per heavy atom. The zero-order valence-electron chi connectivity index (χ0n) is 17.7. The van der Waals surface area contributed by atoms with Crippen molar-refractivity contribution in [1.29, 1.82) is 0 Å². The van der Waals surface area contributed by atoms with Crippen LogP contribution >= 0.6 is 0 Å². The number of phenolic OH excluding ortho intramolecular Hbond substituents is 1. The van der Waals surface area contributed by atoms with E-state index in [1.807, 2.05) is 6.07 Å². The molecule has 2 N–H and O–H groups in total. The van der Waals surface area contributed by atoms with Gasteiger partial charge in [-0.15, -0.1) is 0 Å². The van der Waals surface area contributed by atoms with Crippen molar-refractivity contribution in [3.05, 3.63) is 47.0 Å². The van der Waals surface area contributed by atoms with Gasteiger partial charge in [0.15, 0.2) is 0 Å². The highest BCUT2D eigenvalue weighted by molar-refractivity contribution is 5.99. The van der Waals surface area contributed by atoms with E-state index in [0.717, 1.165) is 50.0 Å². The van der Waals surface area contributed by atoms with Crippen LogP contribution in [-0.4, -0.2) is 48.6 Å². The Labute approximate surface area is 181 Å². The number of methoxy groups -OCH3 is 1. The summed E-state index contributed by atoms with van der Waals surface area (Å²) in [4.78, 5) is 29.6. The number of benzene rings is 2. The van der Waals surface area contributed by atoms with Gasteiger partial charge in [-0.25, -0.2) is 0 Å². The minimum absolute atomic E-state index is 0.0673. The fourth-order valence-electron chi connectivity index (χ4n) is 5.02. The van der Waals surface area contributed by atoms with Crippen molar-refractivity contribution in [3.8, 4) is 11.5 Å². The number of likely N-dealkylation sites (tertiary alicyclic amines) is 1. The molecular weight excluding hydrogens is 394 g/mol. The van der Waals surface area contributed by atoms with Crippen LogP contribution in [-0.2, 0) is 22.4 Å². The third-order valence-electron chi connectivity index (χ3n) is 6.62. The first-order chi connectivity index (χ1) is 15.1. The lowest BCUT2D eigenvalue weighted by molar-refractivity contribution is -0.147. The topological polar surface area (TPSA) is 82.1 Å². The van der Waals surface area contributed by atoms with E-state index in [0.29, 0.717) is 30.0 Å². The van der Waals surface area contributed by atoms with Gasteiger partial charge in [-0.05, 0) is 61.6 Å². The predicted molar refractivity (Wildman–Crippen MR) is 118 cm³/mol. The van der Waals surface area contributed by atoms with Crippen molar-refractivity contribution in [2.24, 2.45) is 0 Å². The molecule has 2 aromatic rings. The number of phenols is 1.